The Hall–Kier alpha value is -3.37. The summed E-state index contributed by atoms with van der Waals surface area (Å²) in [5, 5.41) is 22.2. The molecule has 0 saturated heterocycles. The van der Waals surface area contributed by atoms with Gasteiger partial charge in [-0.1, -0.05) is 53.4 Å². The molecule has 1 atom stereocenters. The average Bonchev–Trinajstić information content (AvgIpc) is 3.45. The number of para-hydroxylation sites is 2. The minimum Gasteiger partial charge on any atom is -0.480 e. The number of carbonyl (C=O) groups excluding carboxylic acids is 1. The quantitative estimate of drug-likeness (QED) is 0.327. The lowest BCUT2D eigenvalue weighted by Gasteiger charge is -2.14. The second-order valence-corrected chi connectivity index (χ2v) is 8.93. The van der Waals surface area contributed by atoms with E-state index in [9.17, 15) is 14.7 Å². The molecule has 0 aliphatic rings. The standard InChI is InChI=1S/C21H17N5O3S2/c27-18(11-30-20-24-25-21-26(20)16-7-3-4-8-17(16)31-21)23-15(19(28)29)9-12-10-22-14-6-2-1-5-13(12)14/h1-8,10,15,22H,9,11H2,(H,23,27)(H,28,29). The minimum absolute atomic E-state index is 0.0443. The SMILES string of the molecule is O=C(CSc1nnc2sc3ccccc3n12)NC(Cc1c[nH]c2ccccc12)C(=O)O. The first kappa shape index (κ1) is 19.6. The zero-order valence-electron chi connectivity index (χ0n) is 16.1. The van der Waals surface area contributed by atoms with Crippen LogP contribution in [0, 0.1) is 0 Å². The fourth-order valence-corrected chi connectivity index (χ4v) is 5.31. The van der Waals surface area contributed by atoms with E-state index in [1.807, 2.05) is 52.9 Å². The number of carboxylic acid groups (broad SMARTS) is 1. The van der Waals surface area contributed by atoms with Crippen molar-refractivity contribution in [2.24, 2.45) is 0 Å². The van der Waals surface area contributed by atoms with Crippen molar-refractivity contribution < 1.29 is 14.7 Å². The van der Waals surface area contributed by atoms with Crippen molar-refractivity contribution in [3.05, 3.63) is 60.3 Å². The van der Waals surface area contributed by atoms with Gasteiger partial charge in [0.05, 0.1) is 16.0 Å². The molecule has 0 spiro atoms. The molecular weight excluding hydrogens is 434 g/mol. The number of carbonyl (C=O) groups is 2. The third-order valence-corrected chi connectivity index (χ3v) is 6.92. The summed E-state index contributed by atoms with van der Waals surface area (Å²) in [6.07, 6.45) is 1.98. The fraction of sp³-hybridized carbons (Fsp3) is 0.143. The molecule has 156 valence electrons. The number of hydrogen-bond donors (Lipinski definition) is 3. The molecule has 0 bridgehead atoms. The molecule has 2 aromatic carbocycles. The Morgan fingerprint density at radius 3 is 2.84 bits per heavy atom. The van der Waals surface area contributed by atoms with Crippen molar-refractivity contribution in [2.45, 2.75) is 17.6 Å². The van der Waals surface area contributed by atoms with Gasteiger partial charge in [0.1, 0.15) is 6.04 Å². The van der Waals surface area contributed by atoms with Gasteiger partial charge in [-0.15, -0.1) is 10.2 Å². The second-order valence-electron chi connectivity index (χ2n) is 6.98. The highest BCUT2D eigenvalue weighted by atomic mass is 32.2. The lowest BCUT2D eigenvalue weighted by molar-refractivity contribution is -0.141. The first-order valence-electron chi connectivity index (χ1n) is 9.53. The van der Waals surface area contributed by atoms with E-state index in [2.05, 4.69) is 20.5 Å². The predicted molar refractivity (Wildman–Crippen MR) is 121 cm³/mol. The van der Waals surface area contributed by atoms with Gasteiger partial charge in [0.15, 0.2) is 5.16 Å². The molecule has 0 radical (unpaired) electrons. The van der Waals surface area contributed by atoms with E-state index in [0.29, 0.717) is 5.16 Å². The topological polar surface area (TPSA) is 112 Å². The fourth-order valence-electron chi connectivity index (χ4n) is 3.54. The summed E-state index contributed by atoms with van der Waals surface area (Å²) in [6, 6.07) is 14.5. The summed E-state index contributed by atoms with van der Waals surface area (Å²) in [5.41, 5.74) is 2.76. The molecule has 8 nitrogen and oxygen atoms in total. The van der Waals surface area contributed by atoms with Crippen molar-refractivity contribution >= 4 is 61.1 Å². The van der Waals surface area contributed by atoms with Gasteiger partial charge in [-0.25, -0.2) is 4.79 Å². The molecule has 0 fully saturated rings. The van der Waals surface area contributed by atoms with Crippen LogP contribution >= 0.6 is 23.1 Å². The predicted octanol–water partition coefficient (Wildman–Crippen LogP) is 3.33. The van der Waals surface area contributed by atoms with Crippen LogP contribution in [0.2, 0.25) is 0 Å². The highest BCUT2D eigenvalue weighted by molar-refractivity contribution is 7.99. The lowest BCUT2D eigenvalue weighted by Crippen LogP contribution is -2.43. The van der Waals surface area contributed by atoms with Crippen molar-refractivity contribution in [1.82, 2.24) is 24.9 Å². The van der Waals surface area contributed by atoms with Crippen molar-refractivity contribution in [1.29, 1.82) is 0 Å². The summed E-state index contributed by atoms with van der Waals surface area (Å²) in [7, 11) is 0. The Labute approximate surface area is 184 Å². The molecule has 1 amide bonds. The molecule has 5 aromatic rings. The van der Waals surface area contributed by atoms with Crippen LogP contribution in [0.15, 0.2) is 59.9 Å². The number of nitrogens with one attached hydrogen (secondary N) is 2. The minimum atomic E-state index is -1.07. The first-order valence-corrected chi connectivity index (χ1v) is 11.3. The van der Waals surface area contributed by atoms with Crippen molar-refractivity contribution in [2.75, 3.05) is 5.75 Å². The van der Waals surface area contributed by atoms with E-state index in [0.717, 1.165) is 31.6 Å². The maximum absolute atomic E-state index is 12.5. The highest BCUT2D eigenvalue weighted by Crippen LogP contribution is 2.29. The molecule has 0 aliphatic carbocycles. The summed E-state index contributed by atoms with van der Waals surface area (Å²) >= 11 is 2.76. The smallest absolute Gasteiger partial charge is 0.326 e. The number of benzene rings is 2. The van der Waals surface area contributed by atoms with Crippen molar-refractivity contribution in [3.8, 4) is 0 Å². The van der Waals surface area contributed by atoms with Crippen LogP contribution in [-0.2, 0) is 16.0 Å². The number of rotatable bonds is 7. The van der Waals surface area contributed by atoms with Crippen LogP contribution in [0.4, 0.5) is 0 Å². The van der Waals surface area contributed by atoms with E-state index >= 15 is 0 Å². The first-order chi connectivity index (χ1) is 15.1. The molecule has 0 aliphatic heterocycles. The largest absolute Gasteiger partial charge is 0.480 e. The summed E-state index contributed by atoms with van der Waals surface area (Å²) in [4.78, 5) is 28.2. The number of carboxylic acids is 1. The third kappa shape index (κ3) is 3.75. The Morgan fingerprint density at radius 1 is 1.16 bits per heavy atom. The Morgan fingerprint density at radius 2 is 1.97 bits per heavy atom. The maximum atomic E-state index is 12.5. The van der Waals surface area contributed by atoms with E-state index in [4.69, 9.17) is 0 Å². The van der Waals surface area contributed by atoms with Gasteiger partial charge in [-0.2, -0.15) is 0 Å². The van der Waals surface area contributed by atoms with Crippen molar-refractivity contribution in [3.63, 3.8) is 0 Å². The number of fused-ring (bicyclic) bond motifs is 4. The zero-order chi connectivity index (χ0) is 21.4. The molecule has 3 N–H and O–H groups in total. The highest BCUT2D eigenvalue weighted by Gasteiger charge is 2.22. The zero-order valence-corrected chi connectivity index (χ0v) is 17.7. The Bertz CT molecular complexity index is 1420. The summed E-state index contributed by atoms with van der Waals surface area (Å²) < 4.78 is 3.00. The van der Waals surface area contributed by atoms with Crippen LogP contribution in [0.3, 0.4) is 0 Å². The number of nitrogens with zero attached hydrogens (tertiary/aromatic N) is 3. The number of thiazole rings is 1. The average molecular weight is 452 g/mol. The number of aromatic amines is 1. The molecule has 31 heavy (non-hydrogen) atoms. The maximum Gasteiger partial charge on any atom is 0.326 e. The third-order valence-electron chi connectivity index (χ3n) is 4.98. The molecular formula is C21H17N5O3S2. The van der Waals surface area contributed by atoms with Crippen LogP contribution in [-0.4, -0.2) is 48.4 Å². The number of amides is 1. The van der Waals surface area contributed by atoms with Gasteiger partial charge >= 0.3 is 5.97 Å². The van der Waals surface area contributed by atoms with E-state index < -0.39 is 12.0 Å². The summed E-state index contributed by atoms with van der Waals surface area (Å²) in [5.74, 6) is -1.39. The number of aliphatic carboxylic acids is 1. The number of hydrogen-bond acceptors (Lipinski definition) is 6. The molecule has 10 heteroatoms. The van der Waals surface area contributed by atoms with Crippen LogP contribution in [0.1, 0.15) is 5.56 Å². The van der Waals surface area contributed by atoms with E-state index in [1.165, 1.54) is 23.1 Å². The van der Waals surface area contributed by atoms with E-state index in [-0.39, 0.29) is 18.1 Å². The van der Waals surface area contributed by atoms with Crippen LogP contribution in [0.5, 0.6) is 0 Å². The Balaban J connectivity index is 1.29. The van der Waals surface area contributed by atoms with Gasteiger partial charge < -0.3 is 15.4 Å². The molecule has 3 aromatic heterocycles. The molecule has 1 unspecified atom stereocenters. The second kappa shape index (κ2) is 8.05. The molecule has 5 rings (SSSR count). The normalized spacial score (nSPS) is 12.5. The lowest BCUT2D eigenvalue weighted by atomic mass is 10.1. The van der Waals surface area contributed by atoms with Gasteiger partial charge in [-0.05, 0) is 23.8 Å². The number of thioether (sulfide) groups is 1. The Kier molecular flexibility index (Phi) is 5.08. The van der Waals surface area contributed by atoms with E-state index in [1.54, 1.807) is 6.20 Å². The van der Waals surface area contributed by atoms with Gasteiger partial charge in [-0.3, -0.25) is 9.20 Å². The van der Waals surface area contributed by atoms with Gasteiger partial charge in [0.25, 0.3) is 0 Å². The molecule has 0 saturated carbocycles. The summed E-state index contributed by atoms with van der Waals surface area (Å²) in [6.45, 7) is 0. The number of aromatic nitrogens is 4. The number of H-pyrrole nitrogens is 1. The molecule has 3 heterocycles. The van der Waals surface area contributed by atoms with Gasteiger partial charge in [0.2, 0.25) is 10.9 Å². The monoisotopic (exact) mass is 451 g/mol. The van der Waals surface area contributed by atoms with Gasteiger partial charge in [0, 0.05) is 23.5 Å². The van der Waals surface area contributed by atoms with Crippen LogP contribution < -0.4 is 5.32 Å². The van der Waals surface area contributed by atoms with Crippen LogP contribution in [0.25, 0.3) is 26.1 Å².